The van der Waals surface area contributed by atoms with Gasteiger partial charge in [-0.05, 0) is 25.3 Å². The highest BCUT2D eigenvalue weighted by Gasteiger charge is 2.24. The van der Waals surface area contributed by atoms with Gasteiger partial charge in [-0.25, -0.2) is 0 Å². The second kappa shape index (κ2) is 4.77. The Labute approximate surface area is 90.4 Å². The molecule has 0 aliphatic heterocycles. The van der Waals surface area contributed by atoms with Crippen molar-refractivity contribution in [3.05, 3.63) is 18.0 Å². The lowest BCUT2D eigenvalue weighted by Gasteiger charge is -2.16. The Morgan fingerprint density at radius 1 is 1.60 bits per heavy atom. The van der Waals surface area contributed by atoms with Crippen molar-refractivity contribution in [1.29, 1.82) is 0 Å². The molecule has 15 heavy (non-hydrogen) atoms. The second-order valence-electron chi connectivity index (χ2n) is 4.20. The highest BCUT2D eigenvalue weighted by molar-refractivity contribution is 4.99. The Balaban J connectivity index is 1.73. The average Bonchev–Trinajstić information content (AvgIpc) is 2.78. The fourth-order valence-corrected chi connectivity index (χ4v) is 2.12. The highest BCUT2D eigenvalue weighted by Crippen LogP contribution is 2.20. The molecule has 0 aromatic carbocycles. The van der Waals surface area contributed by atoms with Gasteiger partial charge in [0, 0.05) is 31.4 Å². The van der Waals surface area contributed by atoms with Crippen LogP contribution in [0, 0.1) is 0 Å². The van der Waals surface area contributed by atoms with Gasteiger partial charge >= 0.3 is 0 Å². The number of aromatic nitrogens is 2. The van der Waals surface area contributed by atoms with Gasteiger partial charge in [0.25, 0.3) is 0 Å². The van der Waals surface area contributed by atoms with E-state index in [0.29, 0.717) is 0 Å². The number of ether oxygens (including phenoxy) is 1. The molecule has 1 fully saturated rings. The SMILES string of the molecule is Cn1nccc1CCOC1CCCC1N. The van der Waals surface area contributed by atoms with Gasteiger partial charge in [0.15, 0.2) is 0 Å². The molecule has 2 unspecified atom stereocenters. The van der Waals surface area contributed by atoms with Gasteiger partial charge in [0.1, 0.15) is 0 Å². The molecule has 0 amide bonds. The van der Waals surface area contributed by atoms with Gasteiger partial charge in [0.2, 0.25) is 0 Å². The molecule has 4 nitrogen and oxygen atoms in total. The molecule has 1 aromatic heterocycles. The number of nitrogens with two attached hydrogens (primary N) is 1. The first-order valence-electron chi connectivity index (χ1n) is 5.61. The van der Waals surface area contributed by atoms with Gasteiger partial charge < -0.3 is 10.5 Å². The first-order valence-corrected chi connectivity index (χ1v) is 5.61. The Morgan fingerprint density at radius 3 is 3.07 bits per heavy atom. The predicted octanol–water partition coefficient (Wildman–Crippen LogP) is 0.859. The van der Waals surface area contributed by atoms with Crippen molar-refractivity contribution in [1.82, 2.24) is 9.78 Å². The van der Waals surface area contributed by atoms with Crippen LogP contribution in [-0.2, 0) is 18.2 Å². The largest absolute Gasteiger partial charge is 0.376 e. The van der Waals surface area contributed by atoms with Crippen molar-refractivity contribution in [3.8, 4) is 0 Å². The van der Waals surface area contributed by atoms with Gasteiger partial charge in [-0.15, -0.1) is 0 Å². The van der Waals surface area contributed by atoms with E-state index in [1.807, 2.05) is 24.0 Å². The highest BCUT2D eigenvalue weighted by atomic mass is 16.5. The van der Waals surface area contributed by atoms with Crippen LogP contribution in [0.25, 0.3) is 0 Å². The van der Waals surface area contributed by atoms with Crippen molar-refractivity contribution < 1.29 is 4.74 Å². The Kier molecular flexibility index (Phi) is 3.38. The van der Waals surface area contributed by atoms with Crippen LogP contribution in [0.4, 0.5) is 0 Å². The summed E-state index contributed by atoms with van der Waals surface area (Å²) in [6.45, 7) is 0.748. The van der Waals surface area contributed by atoms with Gasteiger partial charge in [-0.3, -0.25) is 4.68 Å². The van der Waals surface area contributed by atoms with Crippen LogP contribution in [0.1, 0.15) is 25.0 Å². The minimum Gasteiger partial charge on any atom is -0.376 e. The lowest BCUT2D eigenvalue weighted by atomic mass is 10.2. The molecule has 0 spiro atoms. The Bertz CT molecular complexity index is 311. The number of nitrogens with zero attached hydrogens (tertiary/aromatic N) is 2. The van der Waals surface area contributed by atoms with E-state index in [0.717, 1.165) is 25.9 Å². The summed E-state index contributed by atoms with van der Waals surface area (Å²) in [5.41, 5.74) is 7.14. The second-order valence-corrected chi connectivity index (χ2v) is 4.20. The normalized spacial score (nSPS) is 26.0. The van der Waals surface area contributed by atoms with Crippen molar-refractivity contribution in [2.75, 3.05) is 6.61 Å². The molecular formula is C11H19N3O. The third-order valence-electron chi connectivity index (χ3n) is 3.12. The molecule has 1 heterocycles. The first-order chi connectivity index (χ1) is 7.27. The number of aryl methyl sites for hydroxylation is 1. The molecule has 2 N–H and O–H groups in total. The third kappa shape index (κ3) is 2.58. The van der Waals surface area contributed by atoms with Crippen LogP contribution >= 0.6 is 0 Å². The van der Waals surface area contributed by atoms with E-state index in [2.05, 4.69) is 5.10 Å². The molecule has 2 rings (SSSR count). The summed E-state index contributed by atoms with van der Waals surface area (Å²) in [6, 6.07) is 2.27. The molecule has 1 aliphatic carbocycles. The van der Waals surface area contributed by atoms with E-state index < -0.39 is 0 Å². The maximum atomic E-state index is 5.93. The summed E-state index contributed by atoms with van der Waals surface area (Å²) >= 11 is 0. The molecule has 0 bridgehead atoms. The summed E-state index contributed by atoms with van der Waals surface area (Å²) in [5, 5.41) is 4.12. The number of hydrogen-bond donors (Lipinski definition) is 1. The third-order valence-corrected chi connectivity index (χ3v) is 3.12. The number of hydrogen-bond acceptors (Lipinski definition) is 3. The fourth-order valence-electron chi connectivity index (χ4n) is 2.12. The molecule has 1 saturated carbocycles. The van der Waals surface area contributed by atoms with E-state index in [1.54, 1.807) is 0 Å². The molecule has 1 aromatic rings. The molecule has 84 valence electrons. The van der Waals surface area contributed by atoms with Crippen LogP contribution in [0.15, 0.2) is 12.3 Å². The van der Waals surface area contributed by atoms with Crippen LogP contribution in [0.3, 0.4) is 0 Å². The zero-order valence-electron chi connectivity index (χ0n) is 9.22. The lowest BCUT2D eigenvalue weighted by molar-refractivity contribution is 0.0495. The molecular weight excluding hydrogens is 190 g/mol. The Morgan fingerprint density at radius 2 is 2.47 bits per heavy atom. The maximum absolute atomic E-state index is 5.93. The van der Waals surface area contributed by atoms with Crippen LogP contribution < -0.4 is 5.73 Å². The van der Waals surface area contributed by atoms with E-state index in [-0.39, 0.29) is 12.1 Å². The molecule has 4 heteroatoms. The smallest absolute Gasteiger partial charge is 0.0726 e. The van der Waals surface area contributed by atoms with E-state index in [9.17, 15) is 0 Å². The molecule has 2 atom stereocenters. The lowest BCUT2D eigenvalue weighted by Crippen LogP contribution is -2.31. The van der Waals surface area contributed by atoms with Crippen molar-refractivity contribution >= 4 is 0 Å². The Hall–Kier alpha value is -0.870. The molecule has 1 aliphatic rings. The van der Waals surface area contributed by atoms with Crippen molar-refractivity contribution in [2.24, 2.45) is 12.8 Å². The predicted molar refractivity (Wildman–Crippen MR) is 58.5 cm³/mol. The van der Waals surface area contributed by atoms with Crippen LogP contribution in [-0.4, -0.2) is 28.5 Å². The van der Waals surface area contributed by atoms with Gasteiger partial charge in [-0.2, -0.15) is 5.10 Å². The van der Waals surface area contributed by atoms with Crippen LogP contribution in [0.5, 0.6) is 0 Å². The first kappa shape index (κ1) is 10.6. The van der Waals surface area contributed by atoms with Crippen molar-refractivity contribution in [2.45, 2.75) is 37.8 Å². The minimum atomic E-state index is 0.247. The zero-order chi connectivity index (χ0) is 10.7. The summed E-state index contributed by atoms with van der Waals surface area (Å²) in [7, 11) is 1.95. The average molecular weight is 209 g/mol. The molecule has 0 saturated heterocycles. The summed E-state index contributed by atoms with van der Waals surface area (Å²) in [5.74, 6) is 0. The minimum absolute atomic E-state index is 0.247. The van der Waals surface area contributed by atoms with E-state index in [1.165, 1.54) is 12.1 Å². The van der Waals surface area contributed by atoms with Gasteiger partial charge in [-0.1, -0.05) is 0 Å². The standard InChI is InChI=1S/C11H19N3O/c1-14-9(5-7-13-14)6-8-15-11-4-2-3-10(11)12/h5,7,10-11H,2-4,6,8,12H2,1H3. The van der Waals surface area contributed by atoms with E-state index in [4.69, 9.17) is 10.5 Å². The zero-order valence-corrected chi connectivity index (χ0v) is 9.22. The monoisotopic (exact) mass is 209 g/mol. The quantitative estimate of drug-likeness (QED) is 0.800. The summed E-state index contributed by atoms with van der Waals surface area (Å²) in [6.07, 6.45) is 6.44. The summed E-state index contributed by atoms with van der Waals surface area (Å²) < 4.78 is 7.66. The topological polar surface area (TPSA) is 53.1 Å². The summed E-state index contributed by atoms with van der Waals surface area (Å²) in [4.78, 5) is 0. The maximum Gasteiger partial charge on any atom is 0.0726 e. The van der Waals surface area contributed by atoms with Crippen molar-refractivity contribution in [3.63, 3.8) is 0 Å². The van der Waals surface area contributed by atoms with Crippen LogP contribution in [0.2, 0.25) is 0 Å². The van der Waals surface area contributed by atoms with Gasteiger partial charge in [0.05, 0.1) is 12.7 Å². The number of rotatable bonds is 4. The fraction of sp³-hybridized carbons (Fsp3) is 0.727. The molecule has 0 radical (unpaired) electrons. The van der Waals surface area contributed by atoms with E-state index >= 15 is 0 Å².